The van der Waals surface area contributed by atoms with Gasteiger partial charge in [0.15, 0.2) is 0 Å². The van der Waals surface area contributed by atoms with Crippen LogP contribution in [-0.2, 0) is 4.79 Å². The zero-order valence-corrected chi connectivity index (χ0v) is 16.3. The number of rotatable bonds is 6. The van der Waals surface area contributed by atoms with Crippen molar-refractivity contribution in [1.29, 1.82) is 0 Å². The van der Waals surface area contributed by atoms with Crippen molar-refractivity contribution in [2.75, 3.05) is 5.32 Å². The molecule has 0 aromatic heterocycles. The van der Waals surface area contributed by atoms with Crippen LogP contribution in [0.1, 0.15) is 45.5 Å². The summed E-state index contributed by atoms with van der Waals surface area (Å²) in [6.45, 7) is 1.98. The Kier molecular flexibility index (Phi) is 5.30. The smallest absolute Gasteiger partial charge is 0.259 e. The number of anilines is 1. The second kappa shape index (κ2) is 8.21. The SMILES string of the molecule is CCC(C(=O)Nc1ccc(Oc2ccc3c(c2)C(=O)NC3=O)cc1)c1ccccc1. The van der Waals surface area contributed by atoms with Gasteiger partial charge in [-0.05, 0) is 54.4 Å². The zero-order chi connectivity index (χ0) is 21.1. The molecular formula is C24H20N2O4. The molecule has 0 saturated carbocycles. The van der Waals surface area contributed by atoms with Crippen LogP contribution < -0.4 is 15.4 Å². The van der Waals surface area contributed by atoms with Crippen LogP contribution in [0, 0.1) is 0 Å². The van der Waals surface area contributed by atoms with Crippen molar-refractivity contribution in [3.05, 3.63) is 89.5 Å². The summed E-state index contributed by atoms with van der Waals surface area (Å²) < 4.78 is 5.78. The van der Waals surface area contributed by atoms with Crippen LogP contribution in [0.2, 0.25) is 0 Å². The van der Waals surface area contributed by atoms with Gasteiger partial charge in [0.1, 0.15) is 11.5 Å². The van der Waals surface area contributed by atoms with Gasteiger partial charge in [-0.15, -0.1) is 0 Å². The fourth-order valence-electron chi connectivity index (χ4n) is 3.44. The number of hydrogen-bond acceptors (Lipinski definition) is 4. The molecule has 0 bridgehead atoms. The topological polar surface area (TPSA) is 84.5 Å². The molecule has 150 valence electrons. The molecule has 0 spiro atoms. The van der Waals surface area contributed by atoms with Crippen LogP contribution in [0.5, 0.6) is 11.5 Å². The quantitative estimate of drug-likeness (QED) is 0.597. The van der Waals surface area contributed by atoms with Crippen LogP contribution in [-0.4, -0.2) is 17.7 Å². The molecule has 6 nitrogen and oxygen atoms in total. The Balaban J connectivity index is 1.43. The Bertz CT molecular complexity index is 1110. The molecular weight excluding hydrogens is 380 g/mol. The summed E-state index contributed by atoms with van der Waals surface area (Å²) in [6.07, 6.45) is 0.700. The Hall–Kier alpha value is -3.93. The number of ether oxygens (including phenoxy) is 1. The minimum absolute atomic E-state index is 0.0633. The molecule has 0 saturated heterocycles. The fourth-order valence-corrected chi connectivity index (χ4v) is 3.44. The third-order valence-electron chi connectivity index (χ3n) is 4.99. The first-order valence-corrected chi connectivity index (χ1v) is 9.68. The third kappa shape index (κ3) is 3.93. The number of amides is 3. The number of fused-ring (bicyclic) bond motifs is 1. The highest BCUT2D eigenvalue weighted by molar-refractivity contribution is 6.21. The Morgan fingerprint density at radius 2 is 1.57 bits per heavy atom. The van der Waals surface area contributed by atoms with Crippen molar-refractivity contribution < 1.29 is 19.1 Å². The highest BCUT2D eigenvalue weighted by atomic mass is 16.5. The maximum absolute atomic E-state index is 12.7. The number of benzene rings is 3. The number of imide groups is 1. The van der Waals surface area contributed by atoms with E-state index in [9.17, 15) is 14.4 Å². The van der Waals surface area contributed by atoms with Crippen LogP contribution in [0.25, 0.3) is 0 Å². The molecule has 6 heteroatoms. The van der Waals surface area contributed by atoms with Gasteiger partial charge in [0.05, 0.1) is 17.0 Å². The normalized spacial score (nSPS) is 13.4. The van der Waals surface area contributed by atoms with Gasteiger partial charge in [0, 0.05) is 5.69 Å². The molecule has 3 aromatic carbocycles. The average molecular weight is 400 g/mol. The minimum Gasteiger partial charge on any atom is -0.457 e. The van der Waals surface area contributed by atoms with E-state index in [0.717, 1.165) is 5.56 Å². The zero-order valence-electron chi connectivity index (χ0n) is 16.3. The summed E-state index contributed by atoms with van der Waals surface area (Å²) in [5.74, 6) is -0.114. The molecule has 1 aliphatic heterocycles. The lowest BCUT2D eigenvalue weighted by Crippen LogP contribution is -2.20. The Labute approximate surface area is 173 Å². The maximum Gasteiger partial charge on any atom is 0.259 e. The van der Waals surface area contributed by atoms with Gasteiger partial charge in [0.25, 0.3) is 11.8 Å². The summed E-state index contributed by atoms with van der Waals surface area (Å²) in [7, 11) is 0. The summed E-state index contributed by atoms with van der Waals surface area (Å²) in [5.41, 5.74) is 2.29. The van der Waals surface area contributed by atoms with E-state index in [4.69, 9.17) is 4.74 Å². The van der Waals surface area contributed by atoms with Gasteiger partial charge in [0.2, 0.25) is 5.91 Å². The molecule has 1 atom stereocenters. The van der Waals surface area contributed by atoms with Crippen molar-refractivity contribution in [1.82, 2.24) is 5.32 Å². The molecule has 4 rings (SSSR count). The van der Waals surface area contributed by atoms with E-state index in [0.29, 0.717) is 34.7 Å². The summed E-state index contributed by atoms with van der Waals surface area (Å²) in [5, 5.41) is 5.19. The lowest BCUT2D eigenvalue weighted by molar-refractivity contribution is -0.117. The first-order valence-electron chi connectivity index (χ1n) is 9.68. The van der Waals surface area contributed by atoms with Crippen molar-refractivity contribution >= 4 is 23.4 Å². The van der Waals surface area contributed by atoms with E-state index >= 15 is 0 Å². The summed E-state index contributed by atoms with van der Waals surface area (Å²) in [6, 6.07) is 21.4. The van der Waals surface area contributed by atoms with E-state index in [-0.39, 0.29) is 11.8 Å². The monoisotopic (exact) mass is 400 g/mol. The van der Waals surface area contributed by atoms with Gasteiger partial charge in [-0.1, -0.05) is 37.3 Å². The molecule has 0 fully saturated rings. The molecule has 1 heterocycles. The van der Waals surface area contributed by atoms with Gasteiger partial charge in [-0.2, -0.15) is 0 Å². The van der Waals surface area contributed by atoms with Crippen molar-refractivity contribution in [2.24, 2.45) is 0 Å². The molecule has 3 amide bonds. The molecule has 3 aromatic rings. The van der Waals surface area contributed by atoms with Crippen LogP contribution in [0.4, 0.5) is 5.69 Å². The largest absolute Gasteiger partial charge is 0.457 e. The molecule has 0 aliphatic carbocycles. The van der Waals surface area contributed by atoms with Gasteiger partial charge >= 0.3 is 0 Å². The van der Waals surface area contributed by atoms with Crippen molar-refractivity contribution in [3.63, 3.8) is 0 Å². The second-order valence-electron chi connectivity index (χ2n) is 6.98. The lowest BCUT2D eigenvalue weighted by atomic mass is 9.95. The second-order valence-corrected chi connectivity index (χ2v) is 6.98. The number of nitrogens with one attached hydrogen (secondary N) is 2. The molecule has 2 N–H and O–H groups in total. The predicted octanol–water partition coefficient (Wildman–Crippen LogP) is 4.49. The maximum atomic E-state index is 12.7. The summed E-state index contributed by atoms with van der Waals surface area (Å²) >= 11 is 0. The molecule has 0 radical (unpaired) electrons. The van der Waals surface area contributed by atoms with Crippen LogP contribution >= 0.6 is 0 Å². The molecule has 30 heavy (non-hydrogen) atoms. The fraction of sp³-hybridized carbons (Fsp3) is 0.125. The average Bonchev–Trinajstić information content (AvgIpc) is 3.04. The highest BCUT2D eigenvalue weighted by Gasteiger charge is 2.27. The number of carbonyl (C=O) groups is 3. The molecule has 1 aliphatic rings. The standard InChI is InChI=1S/C24H20N2O4/c1-2-19(15-6-4-3-5-7-15)22(27)25-16-8-10-17(11-9-16)30-18-12-13-20-21(14-18)24(29)26-23(20)28/h3-14,19H,2H2,1H3,(H,25,27)(H,26,28,29). The van der Waals surface area contributed by atoms with E-state index in [1.807, 2.05) is 37.3 Å². The summed E-state index contributed by atoms with van der Waals surface area (Å²) in [4.78, 5) is 36.1. The van der Waals surface area contributed by atoms with Crippen molar-refractivity contribution in [2.45, 2.75) is 19.3 Å². The van der Waals surface area contributed by atoms with Gasteiger partial charge in [-0.25, -0.2) is 0 Å². The van der Waals surface area contributed by atoms with Crippen LogP contribution in [0.3, 0.4) is 0 Å². The van der Waals surface area contributed by atoms with Crippen molar-refractivity contribution in [3.8, 4) is 11.5 Å². The third-order valence-corrected chi connectivity index (χ3v) is 4.99. The van der Waals surface area contributed by atoms with Gasteiger partial charge < -0.3 is 10.1 Å². The van der Waals surface area contributed by atoms with Crippen LogP contribution in [0.15, 0.2) is 72.8 Å². The van der Waals surface area contributed by atoms with Gasteiger partial charge in [-0.3, -0.25) is 19.7 Å². The highest BCUT2D eigenvalue weighted by Crippen LogP contribution is 2.28. The van der Waals surface area contributed by atoms with E-state index in [1.54, 1.807) is 36.4 Å². The number of hydrogen-bond donors (Lipinski definition) is 2. The number of carbonyl (C=O) groups excluding carboxylic acids is 3. The van der Waals surface area contributed by atoms with E-state index < -0.39 is 11.8 Å². The predicted molar refractivity (Wildman–Crippen MR) is 113 cm³/mol. The first kappa shape index (κ1) is 19.4. The van der Waals surface area contributed by atoms with E-state index in [1.165, 1.54) is 6.07 Å². The first-order chi connectivity index (χ1) is 14.5. The van der Waals surface area contributed by atoms with E-state index in [2.05, 4.69) is 10.6 Å². The minimum atomic E-state index is -0.428. The molecule has 1 unspecified atom stereocenters. The lowest BCUT2D eigenvalue weighted by Gasteiger charge is -2.15. The Morgan fingerprint density at radius 3 is 2.27 bits per heavy atom. The Morgan fingerprint density at radius 1 is 0.900 bits per heavy atom.